The summed E-state index contributed by atoms with van der Waals surface area (Å²) < 4.78 is 19.7. The van der Waals surface area contributed by atoms with Crippen molar-refractivity contribution >= 4 is 11.5 Å². The Morgan fingerprint density at radius 3 is 2.68 bits per heavy atom. The lowest BCUT2D eigenvalue weighted by Crippen LogP contribution is -2.21. The van der Waals surface area contributed by atoms with E-state index in [1.54, 1.807) is 18.2 Å². The number of amidine groups is 1. The molecule has 0 atom stereocenters. The van der Waals surface area contributed by atoms with Crippen molar-refractivity contribution in [1.29, 1.82) is 0 Å². The highest BCUT2D eigenvalue weighted by atomic mass is 19.1. The third-order valence-corrected chi connectivity index (χ3v) is 3.17. The molecule has 7 heteroatoms. The van der Waals surface area contributed by atoms with Gasteiger partial charge in [-0.25, -0.2) is 4.39 Å². The van der Waals surface area contributed by atoms with Crippen LogP contribution in [0.2, 0.25) is 0 Å². The SMILES string of the molecule is O=[N+]([O-])c1ccccc1Oc1cccc(F)c1C1=NCCN1. The Bertz CT molecular complexity index is 761. The Morgan fingerprint density at radius 2 is 1.95 bits per heavy atom. The van der Waals surface area contributed by atoms with Gasteiger partial charge in [0.1, 0.15) is 17.4 Å². The van der Waals surface area contributed by atoms with E-state index in [1.165, 1.54) is 24.3 Å². The molecule has 2 aromatic carbocycles. The second kappa shape index (κ2) is 5.80. The van der Waals surface area contributed by atoms with Crippen LogP contribution in [-0.2, 0) is 0 Å². The summed E-state index contributed by atoms with van der Waals surface area (Å²) >= 11 is 0. The fraction of sp³-hybridized carbons (Fsp3) is 0.133. The Labute approximate surface area is 125 Å². The number of ether oxygens (including phenoxy) is 1. The Hall–Kier alpha value is -2.96. The van der Waals surface area contributed by atoms with Gasteiger partial charge in [0.2, 0.25) is 5.75 Å². The quantitative estimate of drug-likeness (QED) is 0.696. The van der Waals surface area contributed by atoms with Gasteiger partial charge in [-0.1, -0.05) is 18.2 Å². The number of nitro groups is 1. The molecule has 0 saturated heterocycles. The van der Waals surface area contributed by atoms with Crippen molar-refractivity contribution in [2.45, 2.75) is 0 Å². The average molecular weight is 301 g/mol. The minimum Gasteiger partial charge on any atom is -0.449 e. The summed E-state index contributed by atoms with van der Waals surface area (Å²) in [5, 5.41) is 14.0. The van der Waals surface area contributed by atoms with E-state index in [0.29, 0.717) is 18.9 Å². The zero-order chi connectivity index (χ0) is 15.5. The molecule has 1 N–H and O–H groups in total. The molecule has 1 aliphatic heterocycles. The molecule has 6 nitrogen and oxygen atoms in total. The molecule has 0 radical (unpaired) electrons. The van der Waals surface area contributed by atoms with E-state index in [1.807, 2.05) is 0 Å². The van der Waals surface area contributed by atoms with E-state index in [2.05, 4.69) is 10.3 Å². The molecule has 112 valence electrons. The minimum atomic E-state index is -0.542. The summed E-state index contributed by atoms with van der Waals surface area (Å²) in [6, 6.07) is 10.3. The lowest BCUT2D eigenvalue weighted by molar-refractivity contribution is -0.385. The van der Waals surface area contributed by atoms with Gasteiger partial charge in [-0.05, 0) is 18.2 Å². The van der Waals surface area contributed by atoms with Gasteiger partial charge in [-0.15, -0.1) is 0 Å². The minimum absolute atomic E-state index is 0.0537. The van der Waals surface area contributed by atoms with Gasteiger partial charge >= 0.3 is 5.69 Å². The first-order chi connectivity index (χ1) is 10.7. The summed E-state index contributed by atoms with van der Waals surface area (Å²) in [5.41, 5.74) is -0.00261. The summed E-state index contributed by atoms with van der Waals surface area (Å²) in [5.74, 6) is 0.135. The Kier molecular flexibility index (Phi) is 3.69. The van der Waals surface area contributed by atoms with E-state index >= 15 is 0 Å². The maximum absolute atomic E-state index is 14.1. The molecule has 0 aromatic heterocycles. The van der Waals surface area contributed by atoms with Gasteiger partial charge in [0.15, 0.2) is 0 Å². The van der Waals surface area contributed by atoms with Crippen LogP contribution in [0.1, 0.15) is 5.56 Å². The van der Waals surface area contributed by atoms with Crippen molar-refractivity contribution in [3.63, 3.8) is 0 Å². The zero-order valence-corrected chi connectivity index (χ0v) is 11.5. The van der Waals surface area contributed by atoms with Gasteiger partial charge in [0.25, 0.3) is 0 Å². The monoisotopic (exact) mass is 301 g/mol. The van der Waals surface area contributed by atoms with E-state index in [-0.39, 0.29) is 22.7 Å². The van der Waals surface area contributed by atoms with Crippen molar-refractivity contribution in [2.24, 2.45) is 4.99 Å². The van der Waals surface area contributed by atoms with E-state index in [9.17, 15) is 14.5 Å². The van der Waals surface area contributed by atoms with Crippen LogP contribution >= 0.6 is 0 Å². The number of halogens is 1. The zero-order valence-electron chi connectivity index (χ0n) is 11.5. The highest BCUT2D eigenvalue weighted by Gasteiger charge is 2.21. The van der Waals surface area contributed by atoms with Crippen LogP contribution in [-0.4, -0.2) is 23.8 Å². The standard InChI is InChI=1S/C15H12FN3O3/c16-10-4-3-7-13(14(10)15-17-8-9-18-15)22-12-6-2-1-5-11(12)19(20)21/h1-7H,8-9H2,(H,17,18). The lowest BCUT2D eigenvalue weighted by atomic mass is 10.1. The van der Waals surface area contributed by atoms with Crippen molar-refractivity contribution in [2.75, 3.05) is 13.1 Å². The third-order valence-electron chi connectivity index (χ3n) is 3.17. The van der Waals surface area contributed by atoms with Crippen LogP contribution in [0.3, 0.4) is 0 Å². The maximum atomic E-state index is 14.1. The number of nitro benzene ring substituents is 1. The molecule has 0 unspecified atom stereocenters. The number of nitrogens with zero attached hydrogens (tertiary/aromatic N) is 2. The summed E-state index contributed by atoms with van der Waals surface area (Å²) in [6.07, 6.45) is 0. The average Bonchev–Trinajstić information content (AvgIpc) is 3.01. The molecule has 2 aromatic rings. The molecule has 0 fully saturated rings. The number of para-hydroxylation sites is 2. The Balaban J connectivity index is 2.03. The van der Waals surface area contributed by atoms with Gasteiger partial charge in [0.05, 0.1) is 17.0 Å². The lowest BCUT2D eigenvalue weighted by Gasteiger charge is -2.12. The number of nitrogens with one attached hydrogen (secondary N) is 1. The molecule has 0 aliphatic carbocycles. The topological polar surface area (TPSA) is 76.8 Å². The normalized spacial score (nSPS) is 13.4. The predicted octanol–water partition coefficient (Wildman–Crippen LogP) is 2.88. The largest absolute Gasteiger partial charge is 0.449 e. The first-order valence-electron chi connectivity index (χ1n) is 6.65. The summed E-state index contributed by atoms with van der Waals surface area (Å²) in [7, 11) is 0. The molecule has 22 heavy (non-hydrogen) atoms. The molecule has 1 aliphatic rings. The van der Waals surface area contributed by atoms with Crippen LogP contribution in [0.4, 0.5) is 10.1 Å². The molecule has 3 rings (SSSR count). The van der Waals surface area contributed by atoms with Gasteiger partial charge in [-0.3, -0.25) is 15.1 Å². The van der Waals surface area contributed by atoms with Gasteiger partial charge < -0.3 is 10.1 Å². The van der Waals surface area contributed by atoms with Gasteiger partial charge in [0, 0.05) is 12.6 Å². The van der Waals surface area contributed by atoms with Crippen molar-refractivity contribution in [3.8, 4) is 11.5 Å². The summed E-state index contributed by atoms with van der Waals surface area (Å²) in [4.78, 5) is 14.7. The van der Waals surface area contributed by atoms with E-state index in [0.717, 1.165) is 0 Å². The molecule has 0 amide bonds. The van der Waals surface area contributed by atoms with E-state index < -0.39 is 10.7 Å². The predicted molar refractivity (Wildman–Crippen MR) is 79.0 cm³/mol. The highest BCUT2D eigenvalue weighted by molar-refractivity contribution is 6.02. The first kappa shape index (κ1) is 14.0. The van der Waals surface area contributed by atoms with Crippen LogP contribution in [0.25, 0.3) is 0 Å². The molecule has 0 saturated carbocycles. The molecular weight excluding hydrogens is 289 g/mol. The molecular formula is C15H12FN3O3. The van der Waals surface area contributed by atoms with Crippen LogP contribution in [0.15, 0.2) is 47.5 Å². The second-order valence-electron chi connectivity index (χ2n) is 4.60. The smallest absolute Gasteiger partial charge is 0.311 e. The fourth-order valence-corrected chi connectivity index (χ4v) is 2.20. The van der Waals surface area contributed by atoms with Crippen molar-refractivity contribution < 1.29 is 14.1 Å². The Morgan fingerprint density at radius 1 is 1.18 bits per heavy atom. The molecule has 0 spiro atoms. The fourth-order valence-electron chi connectivity index (χ4n) is 2.20. The highest BCUT2D eigenvalue weighted by Crippen LogP contribution is 2.33. The van der Waals surface area contributed by atoms with Gasteiger partial charge in [-0.2, -0.15) is 0 Å². The number of aliphatic imine (C=N–C) groups is 1. The molecule has 0 bridgehead atoms. The van der Waals surface area contributed by atoms with Crippen LogP contribution in [0, 0.1) is 15.9 Å². The third kappa shape index (κ3) is 2.60. The van der Waals surface area contributed by atoms with Crippen molar-refractivity contribution in [1.82, 2.24) is 5.32 Å². The molecule has 1 heterocycles. The number of hydrogen-bond acceptors (Lipinski definition) is 5. The van der Waals surface area contributed by atoms with E-state index in [4.69, 9.17) is 4.74 Å². The van der Waals surface area contributed by atoms with Crippen LogP contribution < -0.4 is 10.1 Å². The van der Waals surface area contributed by atoms with Crippen molar-refractivity contribution in [3.05, 3.63) is 64.0 Å². The second-order valence-corrected chi connectivity index (χ2v) is 4.60. The first-order valence-corrected chi connectivity index (χ1v) is 6.65. The number of rotatable bonds is 4. The van der Waals surface area contributed by atoms with Crippen LogP contribution in [0.5, 0.6) is 11.5 Å². The summed E-state index contributed by atoms with van der Waals surface area (Å²) in [6.45, 7) is 1.17. The maximum Gasteiger partial charge on any atom is 0.311 e. The number of hydrogen-bond donors (Lipinski definition) is 1. The number of benzene rings is 2.